The molecule has 1 aliphatic carbocycles. The number of nitrogens with one attached hydrogen (secondary N) is 2. The summed E-state index contributed by atoms with van der Waals surface area (Å²) in [6, 6.07) is -0.341. The maximum atomic E-state index is 12.7. The predicted octanol–water partition coefficient (Wildman–Crippen LogP) is 2.46. The van der Waals surface area contributed by atoms with Gasteiger partial charge < -0.3 is 25.2 Å². The van der Waals surface area contributed by atoms with E-state index in [2.05, 4.69) is 30.6 Å². The van der Waals surface area contributed by atoms with Gasteiger partial charge in [0.1, 0.15) is 17.5 Å². The van der Waals surface area contributed by atoms with E-state index in [4.69, 9.17) is 4.74 Å². The van der Waals surface area contributed by atoms with E-state index in [0.29, 0.717) is 29.0 Å². The summed E-state index contributed by atoms with van der Waals surface area (Å²) in [6.07, 6.45) is -1.50. The standard InChI is InChI=1S/C21H27F3N8O2/c1-10-16-18(32(4)17(11(2)34-5)19(33)29-16)30-20(27-10)28-12-6-13(7-12)31(3)15-9-25-14(8-26-15)21(22,23)24/h8-9,11-13,17H,6-7H2,1-5H3,(H,29,33)(H,27,28,30)/t11-,12-,13+,17+/m1/s1. The Morgan fingerprint density at radius 2 is 1.97 bits per heavy atom. The van der Waals surface area contributed by atoms with Crippen LogP contribution in [0.2, 0.25) is 0 Å². The number of carbonyl (C=O) groups excluding carboxylic acids is 1. The van der Waals surface area contributed by atoms with E-state index in [1.54, 1.807) is 33.0 Å². The van der Waals surface area contributed by atoms with Gasteiger partial charge in [0.2, 0.25) is 11.9 Å². The fourth-order valence-electron chi connectivity index (χ4n) is 4.23. The second-order valence-electron chi connectivity index (χ2n) is 8.65. The SMILES string of the molecule is CO[C@H](C)[C@H]1C(=O)Nc2c(C)nc(N[C@H]3C[C@@H](N(C)c4cnc(C(F)(F)F)cn4)C3)nc2N1C. The van der Waals surface area contributed by atoms with Gasteiger partial charge in [-0.05, 0) is 26.7 Å². The van der Waals surface area contributed by atoms with Crippen LogP contribution >= 0.6 is 0 Å². The molecule has 3 heterocycles. The number of methoxy groups -OCH3 is 1. The maximum Gasteiger partial charge on any atom is 0.434 e. The molecule has 1 saturated carbocycles. The number of likely N-dealkylation sites (N-methyl/N-ethyl adjacent to an activating group) is 1. The van der Waals surface area contributed by atoms with E-state index in [9.17, 15) is 18.0 Å². The normalized spacial score (nSPS) is 23.0. The summed E-state index contributed by atoms with van der Waals surface area (Å²) in [5.41, 5.74) is 0.204. The predicted molar refractivity (Wildman–Crippen MR) is 120 cm³/mol. The smallest absolute Gasteiger partial charge is 0.379 e. The molecule has 0 bridgehead atoms. The van der Waals surface area contributed by atoms with E-state index in [0.717, 1.165) is 25.2 Å². The highest BCUT2D eigenvalue weighted by atomic mass is 19.4. The molecule has 1 fully saturated rings. The van der Waals surface area contributed by atoms with Gasteiger partial charge in [-0.1, -0.05) is 0 Å². The zero-order valence-corrected chi connectivity index (χ0v) is 19.5. The monoisotopic (exact) mass is 480 g/mol. The van der Waals surface area contributed by atoms with Crippen molar-refractivity contribution in [2.75, 3.05) is 41.6 Å². The molecule has 4 rings (SSSR count). The Labute approximate surface area is 194 Å². The molecule has 1 amide bonds. The number of rotatable bonds is 6. The topological polar surface area (TPSA) is 108 Å². The number of ether oxygens (including phenoxy) is 1. The van der Waals surface area contributed by atoms with Crippen molar-refractivity contribution in [2.24, 2.45) is 0 Å². The third kappa shape index (κ3) is 4.43. The van der Waals surface area contributed by atoms with Crippen molar-refractivity contribution >= 4 is 29.2 Å². The van der Waals surface area contributed by atoms with Gasteiger partial charge in [0.05, 0.1) is 24.2 Å². The van der Waals surface area contributed by atoms with E-state index in [-0.39, 0.29) is 24.1 Å². The summed E-state index contributed by atoms with van der Waals surface area (Å²) in [6.45, 7) is 3.63. The first kappa shape index (κ1) is 23.9. The van der Waals surface area contributed by atoms with Crippen molar-refractivity contribution in [2.45, 2.75) is 57.1 Å². The van der Waals surface area contributed by atoms with Crippen molar-refractivity contribution < 1.29 is 22.7 Å². The summed E-state index contributed by atoms with van der Waals surface area (Å²) in [5.74, 6) is 1.26. The van der Waals surface area contributed by atoms with Gasteiger partial charge in [0, 0.05) is 33.3 Å². The van der Waals surface area contributed by atoms with Crippen molar-refractivity contribution in [1.29, 1.82) is 0 Å². The van der Waals surface area contributed by atoms with Crippen LogP contribution in [0.5, 0.6) is 0 Å². The highest BCUT2D eigenvalue weighted by Crippen LogP contribution is 2.35. The Kier molecular flexibility index (Phi) is 6.23. The number of aryl methyl sites for hydroxylation is 1. The summed E-state index contributed by atoms with van der Waals surface area (Å²) in [5, 5.41) is 6.20. The van der Waals surface area contributed by atoms with Gasteiger partial charge in [0.25, 0.3) is 0 Å². The Hall–Kier alpha value is -3.22. The van der Waals surface area contributed by atoms with Gasteiger partial charge >= 0.3 is 6.18 Å². The molecule has 13 heteroatoms. The number of hydrogen-bond donors (Lipinski definition) is 2. The van der Waals surface area contributed by atoms with Gasteiger partial charge in [-0.15, -0.1) is 0 Å². The highest BCUT2D eigenvalue weighted by Gasteiger charge is 2.38. The number of amides is 1. The number of nitrogens with zero attached hydrogens (tertiary/aromatic N) is 6. The maximum absolute atomic E-state index is 12.7. The molecule has 0 spiro atoms. The van der Waals surface area contributed by atoms with Crippen LogP contribution in [0, 0.1) is 6.92 Å². The van der Waals surface area contributed by atoms with E-state index >= 15 is 0 Å². The van der Waals surface area contributed by atoms with Gasteiger partial charge in [-0.3, -0.25) is 4.79 Å². The van der Waals surface area contributed by atoms with Gasteiger partial charge in [-0.25, -0.2) is 15.0 Å². The Morgan fingerprint density at radius 3 is 2.56 bits per heavy atom. The Bertz CT molecular complexity index is 1060. The number of hydrogen-bond acceptors (Lipinski definition) is 9. The lowest BCUT2D eigenvalue weighted by molar-refractivity contribution is -0.141. The molecule has 0 radical (unpaired) electrons. The molecule has 2 N–H and O–H groups in total. The molecule has 0 saturated heterocycles. The molecule has 2 aromatic heterocycles. The highest BCUT2D eigenvalue weighted by molar-refractivity contribution is 6.03. The van der Waals surface area contributed by atoms with Crippen LogP contribution < -0.4 is 20.4 Å². The third-order valence-electron chi connectivity index (χ3n) is 6.44. The van der Waals surface area contributed by atoms with Gasteiger partial charge in [0.15, 0.2) is 11.5 Å². The first-order chi connectivity index (χ1) is 16.0. The fraction of sp³-hybridized carbons (Fsp3) is 0.571. The van der Waals surface area contributed by atoms with Crippen LogP contribution in [-0.4, -0.2) is 71.3 Å². The van der Waals surface area contributed by atoms with Crippen molar-refractivity contribution in [3.8, 4) is 0 Å². The quantitative estimate of drug-likeness (QED) is 0.645. The largest absolute Gasteiger partial charge is 0.434 e. The summed E-state index contributed by atoms with van der Waals surface area (Å²) in [7, 11) is 5.14. The molecule has 184 valence electrons. The average Bonchev–Trinajstić information content (AvgIpc) is 2.75. The fourth-order valence-corrected chi connectivity index (χ4v) is 4.23. The number of carbonyl (C=O) groups is 1. The number of anilines is 4. The minimum Gasteiger partial charge on any atom is -0.379 e. The molecular weight excluding hydrogens is 453 g/mol. The van der Waals surface area contributed by atoms with Crippen LogP contribution in [-0.2, 0) is 15.7 Å². The van der Waals surface area contributed by atoms with Crippen LogP contribution in [0.15, 0.2) is 12.4 Å². The molecule has 2 aliphatic rings. The van der Waals surface area contributed by atoms with Crippen LogP contribution in [0.3, 0.4) is 0 Å². The summed E-state index contributed by atoms with van der Waals surface area (Å²) >= 11 is 0. The van der Waals surface area contributed by atoms with Crippen LogP contribution in [0.4, 0.5) is 36.4 Å². The second-order valence-corrected chi connectivity index (χ2v) is 8.65. The van der Waals surface area contributed by atoms with Crippen LogP contribution in [0.25, 0.3) is 0 Å². The number of halogens is 3. The van der Waals surface area contributed by atoms with E-state index in [1.165, 1.54) is 0 Å². The zero-order chi connectivity index (χ0) is 24.8. The summed E-state index contributed by atoms with van der Waals surface area (Å²) in [4.78, 5) is 32.7. The minimum atomic E-state index is -4.51. The Balaban J connectivity index is 1.41. The Morgan fingerprint density at radius 1 is 1.26 bits per heavy atom. The average molecular weight is 480 g/mol. The number of fused-ring (bicyclic) bond motifs is 1. The molecule has 1 aliphatic heterocycles. The molecular formula is C21H27F3N8O2. The molecule has 2 aromatic rings. The first-order valence-electron chi connectivity index (χ1n) is 10.8. The lowest BCUT2D eigenvalue weighted by Gasteiger charge is -2.42. The van der Waals surface area contributed by atoms with Gasteiger partial charge in [-0.2, -0.15) is 18.2 Å². The van der Waals surface area contributed by atoms with Crippen molar-refractivity contribution in [1.82, 2.24) is 19.9 Å². The van der Waals surface area contributed by atoms with E-state index < -0.39 is 17.9 Å². The number of aromatic nitrogens is 4. The second kappa shape index (κ2) is 8.85. The minimum absolute atomic E-state index is 0.0875. The summed E-state index contributed by atoms with van der Waals surface area (Å²) < 4.78 is 43.5. The van der Waals surface area contributed by atoms with E-state index in [1.807, 2.05) is 11.8 Å². The zero-order valence-electron chi connectivity index (χ0n) is 19.5. The number of alkyl halides is 3. The van der Waals surface area contributed by atoms with Crippen molar-refractivity contribution in [3.63, 3.8) is 0 Å². The molecule has 0 unspecified atom stereocenters. The lowest BCUT2D eigenvalue weighted by atomic mass is 9.86. The molecule has 10 nitrogen and oxygen atoms in total. The lowest BCUT2D eigenvalue weighted by Crippen LogP contribution is -2.53. The first-order valence-corrected chi connectivity index (χ1v) is 10.8. The van der Waals surface area contributed by atoms with Crippen molar-refractivity contribution in [3.05, 3.63) is 23.8 Å². The van der Waals surface area contributed by atoms with Crippen LogP contribution in [0.1, 0.15) is 31.2 Å². The third-order valence-corrected chi connectivity index (χ3v) is 6.44. The molecule has 34 heavy (non-hydrogen) atoms. The molecule has 2 atom stereocenters. The molecule has 0 aromatic carbocycles.